The quantitative estimate of drug-likeness (QED) is 0.797. The topological polar surface area (TPSA) is 61.5 Å². The van der Waals surface area contributed by atoms with Crippen molar-refractivity contribution in [1.29, 1.82) is 5.26 Å². The molecule has 0 aromatic carbocycles. The Balaban J connectivity index is 2.00. The molecular weight excluding hydrogens is 356 g/mol. The third-order valence-electron chi connectivity index (χ3n) is 5.68. The molecule has 2 aliphatic rings. The summed E-state index contributed by atoms with van der Waals surface area (Å²) >= 11 is 1.99. The molecule has 1 N–H and O–H groups in total. The van der Waals surface area contributed by atoms with Crippen LogP contribution in [0.3, 0.4) is 0 Å². The number of fused-ring (bicyclic) bond motifs is 1. The van der Waals surface area contributed by atoms with Crippen LogP contribution in [-0.2, 0) is 23.4 Å². The van der Waals surface area contributed by atoms with E-state index in [1.54, 1.807) is 6.92 Å². The van der Waals surface area contributed by atoms with Crippen LogP contribution in [0.4, 0.5) is 5.82 Å². The Labute approximate surface area is 167 Å². The van der Waals surface area contributed by atoms with Crippen LogP contribution < -0.4 is 9.88 Å². The zero-order valence-corrected chi connectivity index (χ0v) is 17.8. The van der Waals surface area contributed by atoms with Gasteiger partial charge in [0.2, 0.25) is 5.91 Å². The largest absolute Gasteiger partial charge is 0.335 e. The molecule has 0 radical (unpaired) electrons. The van der Waals surface area contributed by atoms with E-state index in [1.165, 1.54) is 16.8 Å². The molecule has 1 aromatic rings. The van der Waals surface area contributed by atoms with Crippen molar-refractivity contribution in [2.75, 3.05) is 31.1 Å². The smallest absolute Gasteiger partial charge is 0.293 e. The molecule has 1 aromatic heterocycles. The minimum atomic E-state index is 0.131. The van der Waals surface area contributed by atoms with Gasteiger partial charge >= 0.3 is 0 Å². The van der Waals surface area contributed by atoms with Gasteiger partial charge in [-0.15, -0.1) is 0 Å². The molecule has 1 saturated heterocycles. The lowest BCUT2D eigenvalue weighted by Crippen LogP contribution is -2.50. The zero-order valence-electron chi connectivity index (χ0n) is 17.0. The first kappa shape index (κ1) is 20.0. The van der Waals surface area contributed by atoms with Crippen LogP contribution in [-0.4, -0.2) is 41.7 Å². The molecule has 3 heterocycles. The molecule has 6 heteroatoms. The van der Waals surface area contributed by atoms with Gasteiger partial charge in [0.25, 0.3) is 5.82 Å². The van der Waals surface area contributed by atoms with Crippen molar-refractivity contribution in [2.24, 2.45) is 0 Å². The Morgan fingerprint density at radius 3 is 2.56 bits per heavy atom. The summed E-state index contributed by atoms with van der Waals surface area (Å²) in [5.74, 6) is 2.07. The van der Waals surface area contributed by atoms with Gasteiger partial charge in [0, 0.05) is 29.4 Å². The van der Waals surface area contributed by atoms with E-state index in [0.717, 1.165) is 69.0 Å². The van der Waals surface area contributed by atoms with E-state index < -0.39 is 0 Å². The predicted molar refractivity (Wildman–Crippen MR) is 110 cm³/mol. The fourth-order valence-corrected chi connectivity index (χ4v) is 5.17. The monoisotopic (exact) mass is 387 g/mol. The van der Waals surface area contributed by atoms with Gasteiger partial charge in [-0.1, -0.05) is 27.2 Å². The number of aryl methyl sites for hydroxylation is 1. The van der Waals surface area contributed by atoms with Gasteiger partial charge in [-0.25, -0.2) is 4.98 Å². The van der Waals surface area contributed by atoms with E-state index in [1.807, 2.05) is 16.7 Å². The van der Waals surface area contributed by atoms with Crippen molar-refractivity contribution < 1.29 is 9.78 Å². The average Bonchev–Trinajstić information content (AvgIpc) is 2.64. The summed E-state index contributed by atoms with van der Waals surface area (Å²) in [5.41, 5.74) is 4.72. The van der Waals surface area contributed by atoms with Crippen molar-refractivity contribution in [3.05, 3.63) is 22.4 Å². The van der Waals surface area contributed by atoms with Crippen molar-refractivity contribution in [3.8, 4) is 6.07 Å². The first-order chi connectivity index (χ1) is 12.9. The summed E-state index contributed by atoms with van der Waals surface area (Å²) in [6.45, 7) is 11.4. The third-order valence-corrected chi connectivity index (χ3v) is 7.04. The number of aromatic amines is 1. The molecule has 0 unspecified atom stereocenters. The summed E-state index contributed by atoms with van der Waals surface area (Å²) in [5, 5.41) is 10.0. The molecule has 0 bridgehead atoms. The molecular formula is C21H31N4OS+. The number of nitriles is 1. The number of carbonyl (C=O) groups is 1. The van der Waals surface area contributed by atoms with Crippen LogP contribution in [0.2, 0.25) is 0 Å². The van der Waals surface area contributed by atoms with Crippen LogP contribution in [0.25, 0.3) is 0 Å². The van der Waals surface area contributed by atoms with Crippen LogP contribution in [0.15, 0.2) is 0 Å². The van der Waals surface area contributed by atoms with Crippen LogP contribution in [0.5, 0.6) is 0 Å². The molecule has 2 aliphatic heterocycles. The first-order valence-electron chi connectivity index (χ1n) is 10.0. The summed E-state index contributed by atoms with van der Waals surface area (Å²) in [6, 6.07) is 2.51. The minimum absolute atomic E-state index is 0.131. The van der Waals surface area contributed by atoms with Gasteiger partial charge in [-0.2, -0.15) is 17.0 Å². The number of nitrogens with zero attached hydrogens (tertiary/aromatic N) is 3. The SMILES string of the molecule is CCCCc1[nH+]c(N2CCN(C(C)=O)CC2)c(C#N)c2c1CSC(C)(C)C2. The summed E-state index contributed by atoms with van der Waals surface area (Å²) in [7, 11) is 0. The number of rotatable bonds is 4. The Morgan fingerprint density at radius 1 is 1.26 bits per heavy atom. The van der Waals surface area contributed by atoms with E-state index in [0.29, 0.717) is 0 Å². The number of thioether (sulfide) groups is 1. The highest BCUT2D eigenvalue weighted by molar-refractivity contribution is 7.99. The van der Waals surface area contributed by atoms with Gasteiger partial charge < -0.3 is 4.90 Å². The maximum Gasteiger partial charge on any atom is 0.293 e. The molecule has 3 rings (SSSR count). The van der Waals surface area contributed by atoms with E-state index in [9.17, 15) is 10.1 Å². The fourth-order valence-electron chi connectivity index (χ4n) is 4.04. The summed E-state index contributed by atoms with van der Waals surface area (Å²) in [6.07, 6.45) is 4.28. The van der Waals surface area contributed by atoms with Gasteiger partial charge in [-0.3, -0.25) is 9.69 Å². The lowest BCUT2D eigenvalue weighted by atomic mass is 9.91. The third kappa shape index (κ3) is 4.24. The second-order valence-corrected chi connectivity index (χ2v) is 9.90. The van der Waals surface area contributed by atoms with Crippen molar-refractivity contribution in [3.63, 3.8) is 0 Å². The van der Waals surface area contributed by atoms with Crippen LogP contribution in [0, 0.1) is 11.3 Å². The highest BCUT2D eigenvalue weighted by atomic mass is 32.2. The lowest BCUT2D eigenvalue weighted by molar-refractivity contribution is -0.378. The Kier molecular flexibility index (Phi) is 6.00. The van der Waals surface area contributed by atoms with Crippen LogP contribution in [0.1, 0.15) is 62.9 Å². The number of piperazine rings is 1. The predicted octanol–water partition coefficient (Wildman–Crippen LogP) is 2.95. The highest BCUT2D eigenvalue weighted by Gasteiger charge is 2.36. The second kappa shape index (κ2) is 8.10. The molecule has 0 spiro atoms. The van der Waals surface area contributed by atoms with E-state index in [4.69, 9.17) is 0 Å². The van der Waals surface area contributed by atoms with Crippen molar-refractivity contribution in [2.45, 2.75) is 63.9 Å². The normalized spacial score (nSPS) is 18.8. The van der Waals surface area contributed by atoms with Gasteiger partial charge in [0.05, 0.1) is 13.1 Å². The number of amides is 1. The molecule has 0 aliphatic carbocycles. The number of H-pyrrole nitrogens is 1. The number of hydrogen-bond donors (Lipinski definition) is 0. The van der Waals surface area contributed by atoms with Crippen molar-refractivity contribution in [1.82, 2.24) is 4.90 Å². The second-order valence-electron chi connectivity index (χ2n) is 8.22. The Morgan fingerprint density at radius 2 is 1.96 bits per heavy atom. The molecule has 1 amide bonds. The average molecular weight is 388 g/mol. The lowest BCUT2D eigenvalue weighted by Gasteiger charge is -2.34. The number of aromatic nitrogens is 1. The fraction of sp³-hybridized carbons (Fsp3) is 0.667. The van der Waals surface area contributed by atoms with Gasteiger partial charge in [-0.05, 0) is 18.4 Å². The molecule has 0 atom stereocenters. The van der Waals surface area contributed by atoms with E-state index in [2.05, 4.69) is 36.7 Å². The molecule has 5 nitrogen and oxygen atoms in total. The number of unbranched alkanes of at least 4 members (excludes halogenated alkanes) is 1. The number of carbonyl (C=O) groups excluding carboxylic acids is 1. The first-order valence-corrected chi connectivity index (χ1v) is 11.0. The van der Waals surface area contributed by atoms with E-state index >= 15 is 0 Å². The summed E-state index contributed by atoms with van der Waals surface area (Å²) in [4.78, 5) is 19.5. The Bertz CT molecular complexity index is 760. The van der Waals surface area contributed by atoms with Crippen molar-refractivity contribution >= 4 is 23.5 Å². The van der Waals surface area contributed by atoms with E-state index in [-0.39, 0.29) is 10.7 Å². The standard InChI is InChI=1S/C21H30N4OS/c1-5-6-7-19-18-14-27-21(3,4)12-16(18)17(13-22)20(23-19)25-10-8-24(9-11-25)15(2)26/h5-12,14H2,1-4H3/p+1. The zero-order chi connectivity index (χ0) is 19.6. The minimum Gasteiger partial charge on any atom is -0.335 e. The maximum atomic E-state index is 11.6. The maximum absolute atomic E-state index is 11.6. The summed E-state index contributed by atoms with van der Waals surface area (Å²) < 4.78 is 0.159. The Hall–Kier alpha value is -1.74. The molecule has 0 saturated carbocycles. The number of nitrogens with one attached hydrogen (secondary N) is 1. The molecule has 146 valence electrons. The van der Waals surface area contributed by atoms with Crippen LogP contribution >= 0.6 is 11.8 Å². The highest BCUT2D eigenvalue weighted by Crippen LogP contribution is 2.41. The molecule has 1 fully saturated rings. The number of hydrogen-bond acceptors (Lipinski definition) is 4. The van der Waals surface area contributed by atoms with Gasteiger partial charge in [0.1, 0.15) is 30.4 Å². The number of anilines is 1. The molecule has 27 heavy (non-hydrogen) atoms. The number of pyridine rings is 1. The van der Waals surface area contributed by atoms with Gasteiger partial charge in [0.15, 0.2) is 0 Å².